The Balaban J connectivity index is 1.13. The molecule has 2 saturated heterocycles. The molecule has 7 heteroatoms. The number of carbonyl (C=O) groups is 1. The second-order valence-electron chi connectivity index (χ2n) is 11.9. The van der Waals surface area contributed by atoms with E-state index in [0.717, 1.165) is 80.7 Å². The lowest BCUT2D eigenvalue weighted by Crippen LogP contribution is -2.35. The van der Waals surface area contributed by atoms with E-state index in [1.807, 2.05) is 18.2 Å². The molecule has 0 aliphatic carbocycles. The van der Waals surface area contributed by atoms with Gasteiger partial charge in [-0.05, 0) is 79.5 Å². The molecule has 2 fully saturated rings. The topological polar surface area (TPSA) is 83.9 Å². The standard InChI is InChI=1S/C31H43N3O4/c1-31(2)15-19-38-27(20-31)25-10-3-4-11-26(25)28(30(35)36)34-17-14-24(21-34)37-18-6-5-9-23-13-12-22-8-7-16-32-29(22)33-23/h3-4,10-13,24,27-28H,5-9,14-21H2,1-2H3,(H,32,33)(H,35,36)/t24-,27-,28-/m1/s1. The number of aliphatic carboxylic acids is 1. The fraction of sp³-hybridized carbons (Fsp3) is 0.613. The number of fused-ring (bicyclic) bond motifs is 1. The Hall–Kier alpha value is -2.48. The van der Waals surface area contributed by atoms with Crippen molar-refractivity contribution in [1.29, 1.82) is 0 Å². The van der Waals surface area contributed by atoms with Crippen molar-refractivity contribution in [3.63, 3.8) is 0 Å². The summed E-state index contributed by atoms with van der Waals surface area (Å²) in [7, 11) is 0. The third-order valence-electron chi connectivity index (χ3n) is 8.38. The molecule has 2 N–H and O–H groups in total. The lowest BCUT2D eigenvalue weighted by molar-refractivity contribution is -0.143. The molecule has 0 radical (unpaired) electrons. The third kappa shape index (κ3) is 6.56. The minimum atomic E-state index is -0.805. The first-order valence-corrected chi connectivity index (χ1v) is 14.4. The van der Waals surface area contributed by atoms with Crippen LogP contribution in [0, 0.1) is 5.41 Å². The Morgan fingerprint density at radius 1 is 1.26 bits per heavy atom. The van der Waals surface area contributed by atoms with Crippen LogP contribution in [-0.2, 0) is 27.1 Å². The van der Waals surface area contributed by atoms with E-state index in [9.17, 15) is 9.90 Å². The molecule has 1 aromatic heterocycles. The van der Waals surface area contributed by atoms with Gasteiger partial charge in [0.05, 0.1) is 12.2 Å². The second-order valence-corrected chi connectivity index (χ2v) is 11.9. The highest BCUT2D eigenvalue weighted by molar-refractivity contribution is 5.76. The molecule has 5 rings (SSSR count). The molecular formula is C31H43N3O4. The Bertz CT molecular complexity index is 1100. The minimum absolute atomic E-state index is 0.0631. The van der Waals surface area contributed by atoms with Gasteiger partial charge >= 0.3 is 5.97 Å². The van der Waals surface area contributed by atoms with Gasteiger partial charge in [0, 0.05) is 38.5 Å². The van der Waals surface area contributed by atoms with Gasteiger partial charge in [-0.3, -0.25) is 9.69 Å². The summed E-state index contributed by atoms with van der Waals surface area (Å²) in [6.07, 6.45) is 8.05. The number of nitrogens with zero attached hydrogens (tertiary/aromatic N) is 2. The average molecular weight is 522 g/mol. The number of hydrogen-bond acceptors (Lipinski definition) is 6. The number of unbranched alkanes of at least 4 members (excludes halogenated alkanes) is 1. The van der Waals surface area contributed by atoms with Crippen LogP contribution in [0.4, 0.5) is 5.82 Å². The number of nitrogens with one attached hydrogen (secondary N) is 1. The van der Waals surface area contributed by atoms with Crippen LogP contribution in [0.2, 0.25) is 0 Å². The summed E-state index contributed by atoms with van der Waals surface area (Å²) in [5, 5.41) is 13.7. The highest BCUT2D eigenvalue weighted by Gasteiger charge is 2.38. The zero-order valence-corrected chi connectivity index (χ0v) is 23.0. The number of carboxylic acids is 1. The fourth-order valence-corrected chi connectivity index (χ4v) is 6.17. The van der Waals surface area contributed by atoms with Crippen LogP contribution in [0.25, 0.3) is 0 Å². The zero-order valence-electron chi connectivity index (χ0n) is 23.0. The van der Waals surface area contributed by atoms with E-state index in [1.54, 1.807) is 0 Å². The Kier molecular flexibility index (Phi) is 8.66. The van der Waals surface area contributed by atoms with Gasteiger partial charge in [0.2, 0.25) is 0 Å². The molecule has 4 heterocycles. The molecule has 1 aromatic carbocycles. The molecular weight excluding hydrogens is 478 g/mol. The van der Waals surface area contributed by atoms with Gasteiger partial charge in [-0.1, -0.05) is 44.2 Å². The Morgan fingerprint density at radius 2 is 2.13 bits per heavy atom. The zero-order chi connectivity index (χ0) is 26.5. The summed E-state index contributed by atoms with van der Waals surface area (Å²) in [6.45, 7) is 8.31. The van der Waals surface area contributed by atoms with Crippen LogP contribution in [-0.4, -0.2) is 59.9 Å². The van der Waals surface area contributed by atoms with E-state index < -0.39 is 12.0 Å². The molecule has 0 bridgehead atoms. The summed E-state index contributed by atoms with van der Waals surface area (Å²) in [5.41, 5.74) is 4.53. The van der Waals surface area contributed by atoms with Gasteiger partial charge < -0.3 is 19.9 Å². The van der Waals surface area contributed by atoms with Crippen molar-refractivity contribution < 1.29 is 19.4 Å². The SMILES string of the molecule is CC1(C)CCO[C@@H](c2ccccc2[C@H](C(=O)O)N2CC[C@@H](OCCCCc3ccc4c(n3)NCCC4)C2)C1. The first-order chi connectivity index (χ1) is 18.4. The minimum Gasteiger partial charge on any atom is -0.480 e. The van der Waals surface area contributed by atoms with E-state index >= 15 is 0 Å². The first kappa shape index (κ1) is 27.1. The number of benzene rings is 1. The van der Waals surface area contributed by atoms with Crippen LogP contribution in [0.1, 0.15) is 86.9 Å². The smallest absolute Gasteiger partial charge is 0.325 e. The van der Waals surface area contributed by atoms with E-state index in [2.05, 4.69) is 42.3 Å². The number of anilines is 1. The number of ether oxygens (including phenoxy) is 2. The number of aromatic nitrogens is 1. The second kappa shape index (κ2) is 12.1. The van der Waals surface area contributed by atoms with Gasteiger partial charge in [-0.15, -0.1) is 0 Å². The van der Waals surface area contributed by atoms with E-state index in [0.29, 0.717) is 19.8 Å². The molecule has 0 spiro atoms. The van der Waals surface area contributed by atoms with Crippen LogP contribution < -0.4 is 5.32 Å². The van der Waals surface area contributed by atoms with Crippen LogP contribution >= 0.6 is 0 Å². The lowest BCUT2D eigenvalue weighted by atomic mass is 9.79. The van der Waals surface area contributed by atoms with Gasteiger partial charge in [-0.25, -0.2) is 4.98 Å². The molecule has 0 saturated carbocycles. The van der Waals surface area contributed by atoms with Crippen LogP contribution in [0.5, 0.6) is 0 Å². The molecule has 3 aliphatic rings. The van der Waals surface area contributed by atoms with E-state index in [4.69, 9.17) is 14.5 Å². The summed E-state index contributed by atoms with van der Waals surface area (Å²) in [4.78, 5) is 19.4. The van der Waals surface area contributed by atoms with Crippen molar-refractivity contribution in [2.24, 2.45) is 5.41 Å². The molecule has 7 nitrogen and oxygen atoms in total. The number of aryl methyl sites for hydroxylation is 2. The fourth-order valence-electron chi connectivity index (χ4n) is 6.17. The predicted molar refractivity (Wildman–Crippen MR) is 148 cm³/mol. The monoisotopic (exact) mass is 521 g/mol. The van der Waals surface area contributed by atoms with E-state index in [-0.39, 0.29) is 17.6 Å². The largest absolute Gasteiger partial charge is 0.480 e. The number of carboxylic acid groups (broad SMARTS) is 1. The van der Waals surface area contributed by atoms with Crippen molar-refractivity contribution in [3.05, 3.63) is 58.8 Å². The quantitative estimate of drug-likeness (QED) is 0.396. The summed E-state index contributed by atoms with van der Waals surface area (Å²) in [6, 6.07) is 11.6. The third-order valence-corrected chi connectivity index (χ3v) is 8.38. The number of pyridine rings is 1. The Labute approximate surface area is 226 Å². The molecule has 206 valence electrons. The van der Waals surface area contributed by atoms with Crippen molar-refractivity contribution in [2.45, 2.75) is 83.5 Å². The maximum Gasteiger partial charge on any atom is 0.325 e. The number of hydrogen-bond donors (Lipinski definition) is 2. The molecule has 38 heavy (non-hydrogen) atoms. The normalized spacial score (nSPS) is 23.9. The summed E-state index contributed by atoms with van der Waals surface area (Å²) in [5.74, 6) is 0.254. The van der Waals surface area contributed by atoms with Crippen molar-refractivity contribution in [3.8, 4) is 0 Å². The number of rotatable bonds is 10. The van der Waals surface area contributed by atoms with Gasteiger partial charge in [-0.2, -0.15) is 0 Å². The van der Waals surface area contributed by atoms with Crippen molar-refractivity contribution >= 4 is 11.8 Å². The highest BCUT2D eigenvalue weighted by atomic mass is 16.5. The molecule has 0 amide bonds. The molecule has 3 atom stereocenters. The van der Waals surface area contributed by atoms with E-state index in [1.165, 1.54) is 12.0 Å². The Morgan fingerprint density at radius 3 is 2.97 bits per heavy atom. The molecule has 3 aliphatic heterocycles. The summed E-state index contributed by atoms with van der Waals surface area (Å²) < 4.78 is 12.4. The maximum absolute atomic E-state index is 12.5. The van der Waals surface area contributed by atoms with Crippen molar-refractivity contribution in [2.75, 3.05) is 38.2 Å². The average Bonchev–Trinajstić information content (AvgIpc) is 3.36. The van der Waals surface area contributed by atoms with Crippen molar-refractivity contribution in [1.82, 2.24) is 9.88 Å². The van der Waals surface area contributed by atoms with Crippen LogP contribution in [0.15, 0.2) is 36.4 Å². The maximum atomic E-state index is 12.5. The first-order valence-electron chi connectivity index (χ1n) is 14.4. The van der Waals surface area contributed by atoms with Gasteiger partial charge in [0.25, 0.3) is 0 Å². The number of likely N-dealkylation sites (tertiary alicyclic amines) is 1. The van der Waals surface area contributed by atoms with Crippen LogP contribution in [0.3, 0.4) is 0 Å². The summed E-state index contributed by atoms with van der Waals surface area (Å²) >= 11 is 0. The van der Waals surface area contributed by atoms with Gasteiger partial charge in [0.1, 0.15) is 11.9 Å². The molecule has 2 aromatic rings. The van der Waals surface area contributed by atoms with Gasteiger partial charge in [0.15, 0.2) is 0 Å². The highest BCUT2D eigenvalue weighted by Crippen LogP contribution is 2.42. The lowest BCUT2D eigenvalue weighted by Gasteiger charge is -2.37. The predicted octanol–water partition coefficient (Wildman–Crippen LogP) is 5.56. The molecule has 0 unspecified atom stereocenters.